The minimum absolute atomic E-state index is 0. The number of halogens is 2. The molecule has 1 aliphatic heterocycles. The third-order valence-electron chi connectivity index (χ3n) is 4.54. The summed E-state index contributed by atoms with van der Waals surface area (Å²) in [5, 5.41) is 3.36. The Morgan fingerprint density at radius 3 is 2.33 bits per heavy atom. The number of hydrogen-bond acceptors (Lipinski definition) is 4. The van der Waals surface area contributed by atoms with Gasteiger partial charge in [-0.05, 0) is 12.5 Å². The predicted molar refractivity (Wildman–Crippen MR) is 98.1 cm³/mol. The summed E-state index contributed by atoms with van der Waals surface area (Å²) >= 11 is 0. The van der Waals surface area contributed by atoms with Crippen LogP contribution in [0.15, 0.2) is 12.1 Å². The fourth-order valence-electron chi connectivity index (χ4n) is 3.24. The summed E-state index contributed by atoms with van der Waals surface area (Å²) in [5.41, 5.74) is 0.723. The van der Waals surface area contributed by atoms with Crippen LogP contribution in [0.25, 0.3) is 0 Å². The largest absolute Gasteiger partial charge is 0.493 e. The van der Waals surface area contributed by atoms with Crippen LogP contribution in [0, 0.1) is 5.82 Å². The van der Waals surface area contributed by atoms with Crippen molar-refractivity contribution in [3.05, 3.63) is 23.5 Å². The second-order valence-electron chi connectivity index (χ2n) is 6.03. The van der Waals surface area contributed by atoms with Crippen molar-refractivity contribution in [3.8, 4) is 11.5 Å². The zero-order valence-corrected chi connectivity index (χ0v) is 15.8. The van der Waals surface area contributed by atoms with Crippen LogP contribution in [0.1, 0.15) is 44.2 Å². The normalized spacial score (nSPS) is 16.3. The first-order valence-corrected chi connectivity index (χ1v) is 8.57. The predicted octanol–water partition coefficient (Wildman–Crippen LogP) is 3.79. The standard InChI is InChI=1S/C18H29FN2O2.ClH/c1-4-5-6-7-16(21-10-8-20-9-11-21)14-12-17(22-2)18(23-3)13-15(14)19;/h12-13,16,20H,4-11H2,1-3H3;1H/t16-;/m1./s1. The maximum Gasteiger partial charge on any atom is 0.163 e. The number of ether oxygens (including phenoxy) is 2. The highest BCUT2D eigenvalue weighted by Gasteiger charge is 2.26. The zero-order valence-electron chi connectivity index (χ0n) is 14.9. The van der Waals surface area contributed by atoms with Crippen LogP contribution in [-0.2, 0) is 0 Å². The van der Waals surface area contributed by atoms with E-state index in [0.29, 0.717) is 11.5 Å². The highest BCUT2D eigenvalue weighted by molar-refractivity contribution is 5.85. The van der Waals surface area contributed by atoms with E-state index in [2.05, 4.69) is 17.1 Å². The molecule has 24 heavy (non-hydrogen) atoms. The molecule has 0 spiro atoms. The molecule has 0 radical (unpaired) electrons. The van der Waals surface area contributed by atoms with Gasteiger partial charge in [-0.3, -0.25) is 4.90 Å². The maximum absolute atomic E-state index is 14.7. The number of methoxy groups -OCH3 is 2. The van der Waals surface area contributed by atoms with E-state index < -0.39 is 0 Å². The van der Waals surface area contributed by atoms with Crippen LogP contribution in [0.2, 0.25) is 0 Å². The molecule has 1 saturated heterocycles. The molecule has 1 aliphatic rings. The molecule has 1 aromatic rings. The third-order valence-corrected chi connectivity index (χ3v) is 4.54. The van der Waals surface area contributed by atoms with Gasteiger partial charge in [-0.1, -0.05) is 26.2 Å². The van der Waals surface area contributed by atoms with Crippen molar-refractivity contribution in [3.63, 3.8) is 0 Å². The molecular weight excluding hydrogens is 331 g/mol. The van der Waals surface area contributed by atoms with Crippen LogP contribution in [0.5, 0.6) is 11.5 Å². The van der Waals surface area contributed by atoms with Gasteiger partial charge < -0.3 is 14.8 Å². The molecule has 138 valence electrons. The molecule has 0 unspecified atom stereocenters. The molecule has 0 amide bonds. The molecule has 0 saturated carbocycles. The number of piperazine rings is 1. The topological polar surface area (TPSA) is 33.7 Å². The lowest BCUT2D eigenvalue weighted by atomic mass is 9.97. The lowest BCUT2D eigenvalue weighted by Gasteiger charge is -2.35. The minimum Gasteiger partial charge on any atom is -0.493 e. The fraction of sp³-hybridized carbons (Fsp3) is 0.667. The van der Waals surface area contributed by atoms with Crippen LogP contribution >= 0.6 is 12.4 Å². The number of hydrogen-bond donors (Lipinski definition) is 1. The molecule has 6 heteroatoms. The molecule has 4 nitrogen and oxygen atoms in total. The van der Waals surface area contributed by atoms with Gasteiger partial charge >= 0.3 is 0 Å². The second kappa shape index (κ2) is 10.7. The molecule has 2 rings (SSSR count). The Balaban J connectivity index is 0.00000288. The van der Waals surface area contributed by atoms with Gasteiger partial charge in [0.2, 0.25) is 0 Å². The molecule has 0 aromatic heterocycles. The lowest BCUT2D eigenvalue weighted by molar-refractivity contribution is 0.159. The van der Waals surface area contributed by atoms with E-state index in [1.54, 1.807) is 7.11 Å². The monoisotopic (exact) mass is 360 g/mol. The Bertz CT molecular complexity index is 496. The van der Waals surface area contributed by atoms with Gasteiger partial charge in [0, 0.05) is 43.9 Å². The molecule has 0 aliphatic carbocycles. The van der Waals surface area contributed by atoms with E-state index in [-0.39, 0.29) is 24.3 Å². The van der Waals surface area contributed by atoms with Gasteiger partial charge in [0.25, 0.3) is 0 Å². The first-order valence-electron chi connectivity index (χ1n) is 8.57. The van der Waals surface area contributed by atoms with Crippen molar-refractivity contribution in [1.82, 2.24) is 10.2 Å². The average molecular weight is 361 g/mol. The van der Waals surface area contributed by atoms with Gasteiger partial charge in [0.1, 0.15) is 5.82 Å². The van der Waals surface area contributed by atoms with Crippen LogP contribution < -0.4 is 14.8 Å². The van der Waals surface area contributed by atoms with E-state index in [1.165, 1.54) is 26.0 Å². The summed E-state index contributed by atoms with van der Waals surface area (Å²) in [6.07, 6.45) is 4.43. The van der Waals surface area contributed by atoms with Crippen molar-refractivity contribution in [2.24, 2.45) is 0 Å². The summed E-state index contributed by atoms with van der Waals surface area (Å²) < 4.78 is 25.3. The summed E-state index contributed by atoms with van der Waals surface area (Å²) in [4.78, 5) is 2.39. The van der Waals surface area contributed by atoms with Crippen LogP contribution in [-0.4, -0.2) is 45.3 Å². The Labute approximate surface area is 151 Å². The Kier molecular flexibility index (Phi) is 9.41. The molecule has 1 aromatic carbocycles. The quantitative estimate of drug-likeness (QED) is 0.715. The van der Waals surface area contributed by atoms with Crippen LogP contribution in [0.3, 0.4) is 0 Å². The number of unbranched alkanes of at least 4 members (excludes halogenated alkanes) is 2. The number of benzene rings is 1. The van der Waals surface area contributed by atoms with Crippen molar-refractivity contribution in [1.29, 1.82) is 0 Å². The van der Waals surface area contributed by atoms with E-state index in [4.69, 9.17) is 9.47 Å². The van der Waals surface area contributed by atoms with Gasteiger partial charge in [0.05, 0.1) is 14.2 Å². The van der Waals surface area contributed by atoms with Crippen molar-refractivity contribution >= 4 is 12.4 Å². The third kappa shape index (κ3) is 5.23. The van der Waals surface area contributed by atoms with Crippen LogP contribution in [0.4, 0.5) is 4.39 Å². The molecule has 1 atom stereocenters. The Hall–Kier alpha value is -1.04. The second-order valence-corrected chi connectivity index (χ2v) is 6.03. The summed E-state index contributed by atoms with van der Waals surface area (Å²) in [6, 6.07) is 3.36. The smallest absolute Gasteiger partial charge is 0.163 e. The van der Waals surface area contributed by atoms with Crippen molar-refractivity contribution in [2.45, 2.75) is 38.6 Å². The van der Waals surface area contributed by atoms with Gasteiger partial charge in [-0.25, -0.2) is 4.39 Å². The zero-order chi connectivity index (χ0) is 16.7. The highest BCUT2D eigenvalue weighted by atomic mass is 35.5. The number of nitrogens with one attached hydrogen (secondary N) is 1. The van der Waals surface area contributed by atoms with Gasteiger partial charge in [-0.15, -0.1) is 12.4 Å². The summed E-state index contributed by atoms with van der Waals surface area (Å²) in [6.45, 7) is 6.00. The molecule has 0 bridgehead atoms. The molecule has 1 fully saturated rings. The maximum atomic E-state index is 14.7. The first kappa shape index (κ1) is 21.0. The lowest BCUT2D eigenvalue weighted by Crippen LogP contribution is -2.45. The fourth-order valence-corrected chi connectivity index (χ4v) is 3.24. The van der Waals surface area contributed by atoms with E-state index in [9.17, 15) is 4.39 Å². The highest BCUT2D eigenvalue weighted by Crippen LogP contribution is 2.36. The number of nitrogens with zero attached hydrogens (tertiary/aromatic N) is 1. The van der Waals surface area contributed by atoms with Crippen molar-refractivity contribution in [2.75, 3.05) is 40.4 Å². The molecular formula is C18H30ClFN2O2. The van der Waals surface area contributed by atoms with E-state index >= 15 is 0 Å². The van der Waals surface area contributed by atoms with Gasteiger partial charge in [0.15, 0.2) is 11.5 Å². The average Bonchev–Trinajstić information content (AvgIpc) is 2.60. The Morgan fingerprint density at radius 2 is 1.75 bits per heavy atom. The SMILES string of the molecule is CCCCC[C@H](c1cc(OC)c(OC)cc1F)N1CCNCC1.Cl. The van der Waals surface area contributed by atoms with E-state index in [0.717, 1.165) is 44.6 Å². The minimum atomic E-state index is -0.206. The Morgan fingerprint density at radius 1 is 1.12 bits per heavy atom. The van der Waals surface area contributed by atoms with Crippen molar-refractivity contribution < 1.29 is 13.9 Å². The van der Waals surface area contributed by atoms with Gasteiger partial charge in [-0.2, -0.15) is 0 Å². The summed E-state index contributed by atoms with van der Waals surface area (Å²) in [5.74, 6) is 0.837. The summed E-state index contributed by atoms with van der Waals surface area (Å²) in [7, 11) is 3.13. The molecule has 1 heterocycles. The van der Waals surface area contributed by atoms with E-state index in [1.807, 2.05) is 6.07 Å². The first-order chi connectivity index (χ1) is 11.2. The molecule has 1 N–H and O–H groups in total. The number of rotatable bonds is 8.